The number of urea groups is 1. The van der Waals surface area contributed by atoms with Gasteiger partial charge < -0.3 is 21.3 Å². The standard InChI is InChI=1S/C13H18N4O2.ClH/c1-9-8-15-5-6-17(9)12(18)10-3-2-4-11(7-10)16-13(14)19;/h2-4,7,9,15H,5-6,8H2,1H3,(H3,14,16,19);1H/t9-;/m1./s1. The molecule has 1 aliphatic rings. The van der Waals surface area contributed by atoms with Gasteiger partial charge in [0.05, 0.1) is 0 Å². The maximum absolute atomic E-state index is 12.4. The van der Waals surface area contributed by atoms with Crippen LogP contribution in [-0.2, 0) is 0 Å². The number of rotatable bonds is 2. The van der Waals surface area contributed by atoms with Crippen LogP contribution in [0.4, 0.5) is 10.5 Å². The lowest BCUT2D eigenvalue weighted by molar-refractivity contribution is 0.0656. The van der Waals surface area contributed by atoms with Crippen molar-refractivity contribution in [2.75, 3.05) is 25.0 Å². The molecule has 0 aromatic heterocycles. The van der Waals surface area contributed by atoms with E-state index in [1.165, 1.54) is 0 Å². The largest absolute Gasteiger partial charge is 0.351 e. The van der Waals surface area contributed by atoms with Gasteiger partial charge in [-0.1, -0.05) is 6.07 Å². The molecule has 1 fully saturated rings. The molecule has 6 nitrogen and oxygen atoms in total. The Morgan fingerprint density at radius 1 is 1.45 bits per heavy atom. The van der Waals surface area contributed by atoms with E-state index in [1.807, 2.05) is 11.8 Å². The number of amides is 3. The first-order valence-electron chi connectivity index (χ1n) is 6.26. The second-order valence-corrected chi connectivity index (χ2v) is 4.62. The first kappa shape index (κ1) is 16.3. The Labute approximate surface area is 124 Å². The van der Waals surface area contributed by atoms with Crippen LogP contribution in [-0.4, -0.2) is 42.5 Å². The normalized spacial score (nSPS) is 18.1. The molecular weight excluding hydrogens is 280 g/mol. The summed E-state index contributed by atoms with van der Waals surface area (Å²) in [5.41, 5.74) is 6.15. The minimum Gasteiger partial charge on any atom is -0.351 e. The molecule has 0 spiro atoms. The van der Waals surface area contributed by atoms with Gasteiger partial charge in [0.1, 0.15) is 0 Å². The van der Waals surface area contributed by atoms with E-state index in [9.17, 15) is 9.59 Å². The van der Waals surface area contributed by atoms with E-state index in [2.05, 4.69) is 10.6 Å². The highest BCUT2D eigenvalue weighted by molar-refractivity contribution is 5.96. The van der Waals surface area contributed by atoms with Gasteiger partial charge >= 0.3 is 6.03 Å². The lowest BCUT2D eigenvalue weighted by atomic mass is 10.1. The summed E-state index contributed by atoms with van der Waals surface area (Å²) in [7, 11) is 0. The van der Waals surface area contributed by atoms with Crippen molar-refractivity contribution in [1.82, 2.24) is 10.2 Å². The van der Waals surface area contributed by atoms with E-state index >= 15 is 0 Å². The van der Waals surface area contributed by atoms with Crippen molar-refractivity contribution >= 4 is 30.0 Å². The van der Waals surface area contributed by atoms with Gasteiger partial charge in [-0.25, -0.2) is 4.79 Å². The smallest absolute Gasteiger partial charge is 0.316 e. The van der Waals surface area contributed by atoms with Gasteiger partial charge in [-0.05, 0) is 25.1 Å². The number of hydrogen-bond acceptors (Lipinski definition) is 3. The van der Waals surface area contributed by atoms with E-state index < -0.39 is 6.03 Å². The average molecular weight is 299 g/mol. The van der Waals surface area contributed by atoms with Gasteiger partial charge in [0.25, 0.3) is 5.91 Å². The zero-order valence-electron chi connectivity index (χ0n) is 11.3. The number of anilines is 1. The Morgan fingerprint density at radius 3 is 2.85 bits per heavy atom. The summed E-state index contributed by atoms with van der Waals surface area (Å²) in [5.74, 6) is -0.0258. The van der Waals surface area contributed by atoms with Crippen LogP contribution >= 0.6 is 12.4 Å². The quantitative estimate of drug-likeness (QED) is 0.762. The number of halogens is 1. The molecule has 1 aromatic carbocycles. The number of nitrogens with one attached hydrogen (secondary N) is 2. The van der Waals surface area contributed by atoms with E-state index in [0.717, 1.165) is 13.1 Å². The summed E-state index contributed by atoms with van der Waals surface area (Å²) in [5, 5.41) is 5.71. The summed E-state index contributed by atoms with van der Waals surface area (Å²) in [6.07, 6.45) is 0. The predicted octanol–water partition coefficient (Wildman–Crippen LogP) is 1.03. The summed E-state index contributed by atoms with van der Waals surface area (Å²) in [4.78, 5) is 25.0. The highest BCUT2D eigenvalue weighted by atomic mass is 35.5. The molecule has 0 aliphatic carbocycles. The van der Waals surface area contributed by atoms with Crippen LogP contribution in [0.25, 0.3) is 0 Å². The molecular formula is C13H19ClN4O2. The third-order valence-corrected chi connectivity index (χ3v) is 3.14. The Balaban J connectivity index is 0.00000200. The molecule has 20 heavy (non-hydrogen) atoms. The molecule has 1 saturated heterocycles. The lowest BCUT2D eigenvalue weighted by Crippen LogP contribution is -2.52. The molecule has 2 rings (SSSR count). The van der Waals surface area contributed by atoms with Crippen molar-refractivity contribution in [3.8, 4) is 0 Å². The van der Waals surface area contributed by atoms with Gasteiger partial charge in [0.15, 0.2) is 0 Å². The average Bonchev–Trinajstić information content (AvgIpc) is 2.38. The van der Waals surface area contributed by atoms with E-state index in [-0.39, 0.29) is 24.4 Å². The van der Waals surface area contributed by atoms with E-state index in [1.54, 1.807) is 24.3 Å². The number of benzene rings is 1. The molecule has 110 valence electrons. The van der Waals surface area contributed by atoms with Crippen molar-refractivity contribution < 1.29 is 9.59 Å². The monoisotopic (exact) mass is 298 g/mol. The van der Waals surface area contributed by atoms with Gasteiger partial charge in [-0.15, -0.1) is 12.4 Å². The van der Waals surface area contributed by atoms with Crippen molar-refractivity contribution in [3.05, 3.63) is 29.8 Å². The molecule has 1 aromatic rings. The first-order chi connectivity index (χ1) is 9.08. The Hall–Kier alpha value is -1.79. The second-order valence-electron chi connectivity index (χ2n) is 4.62. The van der Waals surface area contributed by atoms with Gasteiger partial charge in [0.2, 0.25) is 0 Å². The van der Waals surface area contributed by atoms with Crippen LogP contribution in [0.2, 0.25) is 0 Å². The topological polar surface area (TPSA) is 87.5 Å². The number of piperazine rings is 1. The maximum atomic E-state index is 12.4. The van der Waals surface area contributed by atoms with E-state index in [0.29, 0.717) is 17.8 Å². The molecule has 1 aliphatic heterocycles. The molecule has 3 amide bonds. The number of primary amides is 1. The van der Waals surface area contributed by atoms with Crippen molar-refractivity contribution in [2.45, 2.75) is 13.0 Å². The fourth-order valence-corrected chi connectivity index (χ4v) is 2.18. The minimum absolute atomic E-state index is 0. The van der Waals surface area contributed by atoms with Gasteiger partial charge in [0, 0.05) is 36.9 Å². The molecule has 0 bridgehead atoms. The van der Waals surface area contributed by atoms with Crippen LogP contribution in [0.3, 0.4) is 0 Å². The fourth-order valence-electron chi connectivity index (χ4n) is 2.18. The van der Waals surface area contributed by atoms with E-state index in [4.69, 9.17) is 5.73 Å². The molecule has 1 atom stereocenters. The lowest BCUT2D eigenvalue weighted by Gasteiger charge is -2.34. The number of carbonyl (C=O) groups is 2. The second kappa shape index (κ2) is 7.12. The van der Waals surface area contributed by atoms with Crippen molar-refractivity contribution in [3.63, 3.8) is 0 Å². The number of hydrogen-bond donors (Lipinski definition) is 3. The fraction of sp³-hybridized carbons (Fsp3) is 0.385. The summed E-state index contributed by atoms with van der Waals surface area (Å²) in [6, 6.07) is 6.33. The summed E-state index contributed by atoms with van der Waals surface area (Å²) < 4.78 is 0. The van der Waals surface area contributed by atoms with Crippen LogP contribution < -0.4 is 16.4 Å². The maximum Gasteiger partial charge on any atom is 0.316 e. The van der Waals surface area contributed by atoms with Crippen LogP contribution in [0.15, 0.2) is 24.3 Å². The Morgan fingerprint density at radius 2 is 2.20 bits per heavy atom. The molecule has 0 saturated carbocycles. The van der Waals surface area contributed by atoms with Crippen LogP contribution in [0, 0.1) is 0 Å². The highest BCUT2D eigenvalue weighted by Crippen LogP contribution is 2.15. The summed E-state index contributed by atoms with van der Waals surface area (Å²) in [6.45, 7) is 4.29. The first-order valence-corrected chi connectivity index (χ1v) is 6.26. The molecule has 1 heterocycles. The third kappa shape index (κ3) is 3.85. The number of carbonyl (C=O) groups excluding carboxylic acids is 2. The Bertz CT molecular complexity index is 495. The van der Waals surface area contributed by atoms with Crippen molar-refractivity contribution in [2.24, 2.45) is 5.73 Å². The zero-order valence-corrected chi connectivity index (χ0v) is 12.1. The number of nitrogens with two attached hydrogens (primary N) is 1. The van der Waals surface area contributed by atoms with Crippen LogP contribution in [0.1, 0.15) is 17.3 Å². The highest BCUT2D eigenvalue weighted by Gasteiger charge is 2.24. The SMILES string of the molecule is C[C@@H]1CNCCN1C(=O)c1cccc(NC(N)=O)c1.Cl. The zero-order chi connectivity index (χ0) is 13.8. The summed E-state index contributed by atoms with van der Waals surface area (Å²) >= 11 is 0. The van der Waals surface area contributed by atoms with Crippen molar-refractivity contribution in [1.29, 1.82) is 0 Å². The minimum atomic E-state index is -0.639. The molecule has 4 N–H and O–H groups in total. The Kier molecular flexibility index (Phi) is 5.79. The molecule has 0 radical (unpaired) electrons. The number of nitrogens with zero attached hydrogens (tertiary/aromatic N) is 1. The van der Waals surface area contributed by atoms with Crippen LogP contribution in [0.5, 0.6) is 0 Å². The molecule has 0 unspecified atom stereocenters. The predicted molar refractivity (Wildman–Crippen MR) is 80.3 cm³/mol. The van der Waals surface area contributed by atoms with Gasteiger partial charge in [-0.3, -0.25) is 4.79 Å². The third-order valence-electron chi connectivity index (χ3n) is 3.14. The van der Waals surface area contributed by atoms with Gasteiger partial charge in [-0.2, -0.15) is 0 Å². The molecule has 7 heteroatoms.